The number of hydrogen-bond acceptors (Lipinski definition) is 9. The molecular formula is C26H29F4N7O4. The Bertz CT molecular complexity index is 1510. The largest absolute Gasteiger partial charge is 0.495 e. The first-order valence-electron chi connectivity index (χ1n) is 12.6. The molecule has 0 saturated carbocycles. The van der Waals surface area contributed by atoms with Crippen molar-refractivity contribution >= 4 is 17.6 Å². The molecule has 15 heteroatoms. The summed E-state index contributed by atoms with van der Waals surface area (Å²) in [6, 6.07) is 3.59. The third kappa shape index (κ3) is 5.97. The Balaban J connectivity index is 1.73. The second-order valence-corrected chi connectivity index (χ2v) is 10.8. The monoisotopic (exact) mass is 579 g/mol. The van der Waals surface area contributed by atoms with Gasteiger partial charge in [-0.3, -0.25) is 0 Å². The number of piperidine rings is 1. The third-order valence-electron chi connectivity index (χ3n) is 6.44. The molecule has 1 amide bonds. The van der Waals surface area contributed by atoms with E-state index in [9.17, 15) is 28.3 Å². The van der Waals surface area contributed by atoms with Gasteiger partial charge in [0.2, 0.25) is 5.60 Å². The van der Waals surface area contributed by atoms with Gasteiger partial charge in [-0.2, -0.15) is 23.5 Å². The highest BCUT2D eigenvalue weighted by atomic mass is 19.4. The predicted molar refractivity (Wildman–Crippen MR) is 138 cm³/mol. The molecule has 41 heavy (non-hydrogen) atoms. The van der Waals surface area contributed by atoms with Crippen molar-refractivity contribution in [3.63, 3.8) is 0 Å². The van der Waals surface area contributed by atoms with Crippen molar-refractivity contribution in [1.82, 2.24) is 24.5 Å². The van der Waals surface area contributed by atoms with Crippen LogP contribution in [0.4, 0.5) is 28.2 Å². The van der Waals surface area contributed by atoms with Gasteiger partial charge < -0.3 is 24.8 Å². The van der Waals surface area contributed by atoms with Gasteiger partial charge in [0.25, 0.3) is 0 Å². The van der Waals surface area contributed by atoms with E-state index in [-0.39, 0.29) is 46.8 Å². The number of methoxy groups -OCH3 is 1. The molecule has 0 radical (unpaired) electrons. The Kier molecular flexibility index (Phi) is 7.74. The molecule has 0 aliphatic carbocycles. The lowest BCUT2D eigenvalue weighted by molar-refractivity contribution is -0.261. The number of nitrogens with one attached hydrogen (secondary N) is 1. The van der Waals surface area contributed by atoms with Crippen LogP contribution in [0.25, 0.3) is 17.0 Å². The highest BCUT2D eigenvalue weighted by molar-refractivity contribution is 5.69. The van der Waals surface area contributed by atoms with Crippen molar-refractivity contribution in [3.8, 4) is 23.2 Å². The molecule has 4 rings (SSSR count). The van der Waals surface area contributed by atoms with Crippen LogP contribution >= 0.6 is 0 Å². The first-order valence-corrected chi connectivity index (χ1v) is 12.6. The normalized spacial score (nSPS) is 17.6. The zero-order chi connectivity index (χ0) is 30.3. The van der Waals surface area contributed by atoms with E-state index in [4.69, 9.17) is 9.47 Å². The van der Waals surface area contributed by atoms with Crippen molar-refractivity contribution in [1.29, 1.82) is 5.26 Å². The van der Waals surface area contributed by atoms with Gasteiger partial charge in [0.15, 0.2) is 11.5 Å². The number of nitrogens with zero attached hydrogens (tertiary/aromatic N) is 6. The summed E-state index contributed by atoms with van der Waals surface area (Å²) in [6.45, 7) is 6.50. The van der Waals surface area contributed by atoms with Crippen molar-refractivity contribution in [2.45, 2.75) is 64.0 Å². The van der Waals surface area contributed by atoms with E-state index < -0.39 is 35.0 Å². The lowest BCUT2D eigenvalue weighted by Gasteiger charge is -2.34. The number of fused-ring (bicyclic) bond motifs is 1. The van der Waals surface area contributed by atoms with Gasteiger partial charge in [-0.05, 0) is 46.6 Å². The molecule has 3 aromatic rings. The van der Waals surface area contributed by atoms with Crippen LogP contribution in [-0.2, 0) is 10.3 Å². The fourth-order valence-electron chi connectivity index (χ4n) is 4.33. The average Bonchev–Trinajstić information content (AvgIpc) is 3.29. The van der Waals surface area contributed by atoms with Crippen LogP contribution in [0, 0.1) is 17.1 Å². The number of anilines is 1. The third-order valence-corrected chi connectivity index (χ3v) is 6.44. The summed E-state index contributed by atoms with van der Waals surface area (Å²) in [5.41, 5.74) is -5.56. The van der Waals surface area contributed by atoms with Crippen LogP contribution in [0.1, 0.15) is 51.8 Å². The van der Waals surface area contributed by atoms with E-state index in [1.54, 1.807) is 20.8 Å². The zero-order valence-corrected chi connectivity index (χ0v) is 23.0. The quantitative estimate of drug-likeness (QED) is 0.422. The van der Waals surface area contributed by atoms with Gasteiger partial charge in [-0.15, -0.1) is 0 Å². The number of carbonyl (C=O) groups excluding carboxylic acids is 1. The maximum atomic E-state index is 15.2. The maximum Gasteiger partial charge on any atom is 0.422 e. The Hall–Kier alpha value is -4.19. The van der Waals surface area contributed by atoms with E-state index in [1.807, 2.05) is 6.07 Å². The molecule has 0 aromatic carbocycles. The minimum atomic E-state index is -5.11. The van der Waals surface area contributed by atoms with Gasteiger partial charge in [0.1, 0.15) is 40.3 Å². The standard InChI is InChI=1S/C26H29F4N7O4/c1-24(2,3)41-23(38)36-8-6-7-15(13-36)33-22-14(11-31)9-16(27)20(34-22)17-12-32-19-10-18(40-5)21(35-37(17)19)25(4,39)26(28,29)30/h9-10,12,15,39H,6-8,13H2,1-5H3,(H,33,34). The summed E-state index contributed by atoms with van der Waals surface area (Å²) >= 11 is 0. The van der Waals surface area contributed by atoms with Crippen LogP contribution < -0.4 is 10.1 Å². The highest BCUT2D eigenvalue weighted by Crippen LogP contribution is 2.41. The van der Waals surface area contributed by atoms with E-state index in [0.717, 1.165) is 30.0 Å². The molecule has 0 bridgehead atoms. The number of ether oxygens (including phenoxy) is 2. The van der Waals surface area contributed by atoms with Crippen molar-refractivity contribution in [3.05, 3.63) is 35.4 Å². The molecular weight excluding hydrogens is 550 g/mol. The molecule has 1 aliphatic heterocycles. The zero-order valence-electron chi connectivity index (χ0n) is 23.0. The van der Waals surface area contributed by atoms with E-state index in [2.05, 4.69) is 20.4 Å². The number of halogens is 4. The number of rotatable bonds is 5. The summed E-state index contributed by atoms with van der Waals surface area (Å²) in [4.78, 5) is 22.5. The topological polar surface area (TPSA) is 138 Å². The first kappa shape index (κ1) is 29.8. The molecule has 11 nitrogen and oxygen atoms in total. The molecule has 2 atom stereocenters. The second kappa shape index (κ2) is 10.7. The van der Waals surface area contributed by atoms with Gasteiger partial charge in [-0.1, -0.05) is 0 Å². The molecule has 4 heterocycles. The molecule has 0 spiro atoms. The second-order valence-electron chi connectivity index (χ2n) is 10.8. The lowest BCUT2D eigenvalue weighted by atomic mass is 10.0. The van der Waals surface area contributed by atoms with Crippen molar-refractivity contribution in [2.24, 2.45) is 0 Å². The number of hydrogen-bond donors (Lipinski definition) is 2. The predicted octanol–water partition coefficient (Wildman–Crippen LogP) is 4.39. The van der Waals surface area contributed by atoms with Crippen molar-refractivity contribution in [2.75, 3.05) is 25.5 Å². The summed E-state index contributed by atoms with van der Waals surface area (Å²) in [5.74, 6) is -1.32. The number of carbonyl (C=O) groups is 1. The number of pyridine rings is 1. The Morgan fingerprint density at radius 2 is 1.95 bits per heavy atom. The number of aliphatic hydroxyl groups is 1. The summed E-state index contributed by atoms with van der Waals surface area (Å²) in [7, 11) is 1.11. The molecule has 1 fully saturated rings. The number of nitriles is 1. The molecule has 2 unspecified atom stereocenters. The molecule has 3 aromatic heterocycles. The minimum Gasteiger partial charge on any atom is -0.495 e. The number of amides is 1. The minimum absolute atomic E-state index is 0.000994. The molecule has 1 saturated heterocycles. The van der Waals surface area contributed by atoms with Crippen LogP contribution in [0.2, 0.25) is 0 Å². The number of imidazole rings is 1. The highest BCUT2D eigenvalue weighted by Gasteiger charge is 2.54. The van der Waals surface area contributed by atoms with E-state index in [1.165, 1.54) is 4.90 Å². The maximum absolute atomic E-state index is 15.2. The summed E-state index contributed by atoms with van der Waals surface area (Å²) in [6.07, 6.45) is -3.20. The molecule has 220 valence electrons. The number of likely N-dealkylation sites (tertiary alicyclic amines) is 1. The van der Waals surface area contributed by atoms with Gasteiger partial charge in [0, 0.05) is 25.2 Å². The molecule has 2 N–H and O–H groups in total. The van der Waals surface area contributed by atoms with E-state index >= 15 is 4.39 Å². The van der Waals surface area contributed by atoms with Gasteiger partial charge in [0.05, 0.1) is 18.9 Å². The van der Waals surface area contributed by atoms with Gasteiger partial charge in [-0.25, -0.2) is 23.7 Å². The van der Waals surface area contributed by atoms with Gasteiger partial charge >= 0.3 is 12.3 Å². The lowest BCUT2D eigenvalue weighted by Crippen LogP contribution is -2.47. The number of aromatic nitrogens is 4. The van der Waals surface area contributed by atoms with Crippen LogP contribution in [-0.4, -0.2) is 73.7 Å². The summed E-state index contributed by atoms with van der Waals surface area (Å²) in [5, 5.41) is 26.9. The van der Waals surface area contributed by atoms with Crippen molar-refractivity contribution < 1.29 is 36.9 Å². The average molecular weight is 580 g/mol. The fraction of sp³-hybridized carbons (Fsp3) is 0.500. The Labute approximate surface area is 232 Å². The number of alkyl halides is 3. The Morgan fingerprint density at radius 3 is 2.56 bits per heavy atom. The van der Waals surface area contributed by atoms with Crippen LogP contribution in [0.3, 0.4) is 0 Å². The Morgan fingerprint density at radius 1 is 1.24 bits per heavy atom. The summed E-state index contributed by atoms with van der Waals surface area (Å²) < 4.78 is 67.6. The van der Waals surface area contributed by atoms with Crippen LogP contribution in [0.5, 0.6) is 5.75 Å². The SMILES string of the molecule is COc1cc2ncc(-c3nc(NC4CCCN(C(=O)OC(C)(C)C)C4)c(C#N)cc3F)n2nc1C(C)(O)C(F)(F)F. The first-order chi connectivity index (χ1) is 19.1. The fourth-order valence-corrected chi connectivity index (χ4v) is 4.33. The molecule has 1 aliphatic rings. The smallest absolute Gasteiger partial charge is 0.422 e. The van der Waals surface area contributed by atoms with Crippen LogP contribution in [0.15, 0.2) is 18.3 Å². The van der Waals surface area contributed by atoms with E-state index in [0.29, 0.717) is 26.3 Å².